The highest BCUT2D eigenvalue weighted by molar-refractivity contribution is 5.92. The quantitative estimate of drug-likeness (QED) is 0.112. The molecule has 0 bridgehead atoms. The molecule has 51 heavy (non-hydrogen) atoms. The van der Waals surface area contributed by atoms with Gasteiger partial charge in [-0.3, -0.25) is 0 Å². The lowest BCUT2D eigenvalue weighted by Crippen LogP contribution is -2.31. The molecule has 3 heteroatoms. The summed E-state index contributed by atoms with van der Waals surface area (Å²) in [5, 5.41) is 12.7. The Morgan fingerprint density at radius 1 is 0.608 bits per heavy atom. The molecule has 0 heterocycles. The highest BCUT2D eigenvalue weighted by Crippen LogP contribution is 2.37. The van der Waals surface area contributed by atoms with Gasteiger partial charge in [0, 0.05) is 44.0 Å². The third kappa shape index (κ3) is 8.83. The maximum absolute atomic E-state index is 12.7. The van der Waals surface area contributed by atoms with Crippen LogP contribution in [0.3, 0.4) is 0 Å². The Hall–Kier alpha value is -4.60. The monoisotopic (exact) mass is 678 g/mol. The zero-order valence-electron chi connectivity index (χ0n) is 32.3. The Bertz CT molecular complexity index is 1890. The van der Waals surface area contributed by atoms with Crippen LogP contribution in [0.2, 0.25) is 0 Å². The fraction of sp³-hybridized carbons (Fsp3) is 0.333. The average Bonchev–Trinajstić information content (AvgIpc) is 3.12. The predicted octanol–water partition coefficient (Wildman–Crippen LogP) is 11.5. The highest BCUT2D eigenvalue weighted by Gasteiger charge is 2.33. The number of rotatable bonds is 15. The Morgan fingerprint density at radius 3 is 1.71 bits per heavy atom. The third-order valence-electron chi connectivity index (χ3n) is 10.3. The van der Waals surface area contributed by atoms with Gasteiger partial charge in [0.15, 0.2) is 0 Å². The summed E-state index contributed by atoms with van der Waals surface area (Å²) in [6.07, 6.45) is 5.06. The fourth-order valence-corrected chi connectivity index (χ4v) is 7.55. The molecule has 0 saturated heterocycles. The highest BCUT2D eigenvalue weighted by atomic mass is 16.3. The van der Waals surface area contributed by atoms with Crippen molar-refractivity contribution < 1.29 is 5.11 Å². The van der Waals surface area contributed by atoms with E-state index < -0.39 is 5.60 Å². The summed E-state index contributed by atoms with van der Waals surface area (Å²) >= 11 is 0. The molecule has 1 unspecified atom stereocenters. The second-order valence-corrected chi connectivity index (χ2v) is 14.2. The zero-order valence-corrected chi connectivity index (χ0v) is 32.3. The van der Waals surface area contributed by atoms with E-state index in [2.05, 4.69) is 180 Å². The summed E-state index contributed by atoms with van der Waals surface area (Å²) in [4.78, 5) is 4.82. The number of benzene rings is 5. The molecule has 0 fully saturated rings. The van der Waals surface area contributed by atoms with Crippen molar-refractivity contribution in [2.45, 2.75) is 80.3 Å². The fourth-order valence-electron chi connectivity index (χ4n) is 7.55. The van der Waals surface area contributed by atoms with Crippen LogP contribution in [-0.2, 0) is 12.0 Å². The minimum Gasteiger partial charge on any atom is -0.380 e. The molecule has 3 nitrogen and oxygen atoms in total. The standard InChI is InChI=1S/C48H58N2O/c1-9-29-50(30-10-2)44-23-19-41(20-24-44)46(45-27-13-35(5)31-37(45)7)33-39-15-17-40(18-16-39)34-48(51,47-28-14-36(6)32-38(47)8)42-21-25-43(26-22-42)49(11-3)12-4/h13-28,31-33,51H,9-12,29-30,34H2,1-8H3/b46-33+. The molecule has 0 spiro atoms. The van der Waals surface area contributed by atoms with Gasteiger partial charge in [0.1, 0.15) is 5.60 Å². The number of nitrogens with zero attached hydrogens (tertiary/aromatic N) is 2. The smallest absolute Gasteiger partial charge is 0.119 e. The Balaban J connectivity index is 1.52. The lowest BCUT2D eigenvalue weighted by Gasteiger charge is -2.32. The normalized spacial score (nSPS) is 12.8. The summed E-state index contributed by atoms with van der Waals surface area (Å²) < 4.78 is 0. The lowest BCUT2D eigenvalue weighted by molar-refractivity contribution is 0.0805. The minimum atomic E-state index is -1.17. The maximum atomic E-state index is 12.7. The number of aliphatic hydroxyl groups is 1. The van der Waals surface area contributed by atoms with Crippen molar-refractivity contribution in [3.63, 3.8) is 0 Å². The van der Waals surface area contributed by atoms with Gasteiger partial charge < -0.3 is 14.9 Å². The molecule has 5 aromatic carbocycles. The molecular weight excluding hydrogens is 621 g/mol. The zero-order chi connectivity index (χ0) is 36.5. The van der Waals surface area contributed by atoms with Crippen molar-refractivity contribution in [3.8, 4) is 0 Å². The van der Waals surface area contributed by atoms with Gasteiger partial charge in [0.05, 0.1) is 0 Å². The van der Waals surface area contributed by atoms with Crippen molar-refractivity contribution in [3.05, 3.63) is 165 Å². The molecule has 5 rings (SSSR count). The van der Waals surface area contributed by atoms with Gasteiger partial charge in [-0.05, 0) is 135 Å². The van der Waals surface area contributed by atoms with Crippen LogP contribution in [0.25, 0.3) is 11.6 Å². The topological polar surface area (TPSA) is 26.7 Å². The van der Waals surface area contributed by atoms with E-state index in [0.29, 0.717) is 6.42 Å². The van der Waals surface area contributed by atoms with Crippen molar-refractivity contribution in [2.75, 3.05) is 36.0 Å². The van der Waals surface area contributed by atoms with Crippen LogP contribution in [0.5, 0.6) is 0 Å². The maximum Gasteiger partial charge on any atom is 0.119 e. The van der Waals surface area contributed by atoms with Crippen LogP contribution in [-0.4, -0.2) is 31.3 Å². The molecule has 5 aromatic rings. The Morgan fingerprint density at radius 2 is 1.16 bits per heavy atom. The van der Waals surface area contributed by atoms with Crippen LogP contribution < -0.4 is 9.80 Å². The largest absolute Gasteiger partial charge is 0.380 e. The van der Waals surface area contributed by atoms with Gasteiger partial charge in [0.25, 0.3) is 0 Å². The third-order valence-corrected chi connectivity index (χ3v) is 10.3. The molecule has 0 saturated carbocycles. The summed E-state index contributed by atoms with van der Waals surface area (Å²) in [5.41, 5.74) is 13.9. The second-order valence-electron chi connectivity index (χ2n) is 14.2. The summed E-state index contributed by atoms with van der Waals surface area (Å²) in [6.45, 7) is 21.5. The predicted molar refractivity (Wildman–Crippen MR) is 221 cm³/mol. The molecule has 266 valence electrons. The number of aryl methyl sites for hydroxylation is 4. The molecule has 0 aromatic heterocycles. The number of hydrogen-bond acceptors (Lipinski definition) is 3. The van der Waals surface area contributed by atoms with Gasteiger partial charge in [-0.1, -0.05) is 110 Å². The van der Waals surface area contributed by atoms with Gasteiger partial charge in [-0.2, -0.15) is 0 Å². The second kappa shape index (κ2) is 17.1. The van der Waals surface area contributed by atoms with E-state index >= 15 is 0 Å². The van der Waals surface area contributed by atoms with Crippen LogP contribution in [0.1, 0.15) is 96.2 Å². The Kier molecular flexibility index (Phi) is 12.6. The van der Waals surface area contributed by atoms with Crippen molar-refractivity contribution in [1.29, 1.82) is 0 Å². The van der Waals surface area contributed by atoms with E-state index in [1.165, 1.54) is 44.8 Å². The molecule has 0 radical (unpaired) electrons. The van der Waals surface area contributed by atoms with Gasteiger partial charge in [0.2, 0.25) is 0 Å². The number of hydrogen-bond donors (Lipinski definition) is 1. The average molecular weight is 679 g/mol. The first kappa shape index (κ1) is 37.7. The first-order valence-corrected chi connectivity index (χ1v) is 19.0. The SMILES string of the molecule is CCCN(CCC)c1ccc(/C(=C\c2ccc(CC(O)(c3ccc(N(CC)CC)cc3)c3ccc(C)cc3C)cc2)c2ccc(C)cc2C)cc1. The number of anilines is 2. The summed E-state index contributed by atoms with van der Waals surface area (Å²) in [5.74, 6) is 0. The van der Waals surface area contributed by atoms with Gasteiger partial charge >= 0.3 is 0 Å². The van der Waals surface area contributed by atoms with Crippen molar-refractivity contribution >= 4 is 23.0 Å². The van der Waals surface area contributed by atoms with Gasteiger partial charge in [-0.25, -0.2) is 0 Å². The molecule has 1 N–H and O–H groups in total. The van der Waals surface area contributed by atoms with E-state index in [1.807, 2.05) is 0 Å². The first-order valence-electron chi connectivity index (χ1n) is 19.0. The molecule has 1 atom stereocenters. The van der Waals surface area contributed by atoms with Crippen LogP contribution in [0, 0.1) is 27.7 Å². The van der Waals surface area contributed by atoms with E-state index in [1.54, 1.807) is 0 Å². The van der Waals surface area contributed by atoms with Crippen molar-refractivity contribution in [2.24, 2.45) is 0 Å². The summed E-state index contributed by atoms with van der Waals surface area (Å²) in [6, 6.07) is 39.5. The molecule has 0 aliphatic carbocycles. The van der Waals surface area contributed by atoms with Crippen molar-refractivity contribution in [1.82, 2.24) is 0 Å². The van der Waals surface area contributed by atoms with E-state index in [-0.39, 0.29) is 0 Å². The summed E-state index contributed by atoms with van der Waals surface area (Å²) in [7, 11) is 0. The van der Waals surface area contributed by atoms with E-state index in [9.17, 15) is 5.11 Å². The molecular formula is C48H58N2O. The van der Waals surface area contributed by atoms with Crippen LogP contribution in [0.15, 0.2) is 109 Å². The molecule has 0 aliphatic heterocycles. The van der Waals surface area contributed by atoms with Crippen LogP contribution in [0.4, 0.5) is 11.4 Å². The Labute approximate surface area is 308 Å². The van der Waals surface area contributed by atoms with Crippen LogP contribution >= 0.6 is 0 Å². The van der Waals surface area contributed by atoms with E-state index in [4.69, 9.17) is 0 Å². The first-order chi connectivity index (χ1) is 24.6. The molecule has 0 aliphatic rings. The van der Waals surface area contributed by atoms with Gasteiger partial charge in [-0.15, -0.1) is 0 Å². The molecule has 0 amide bonds. The minimum absolute atomic E-state index is 0.475. The lowest BCUT2D eigenvalue weighted by atomic mass is 9.79. The van der Waals surface area contributed by atoms with E-state index in [0.717, 1.165) is 66.8 Å².